The number of esters is 1. The van der Waals surface area contributed by atoms with E-state index in [4.69, 9.17) is 9.47 Å². The van der Waals surface area contributed by atoms with Gasteiger partial charge in [-0.15, -0.1) is 0 Å². The van der Waals surface area contributed by atoms with E-state index in [1.54, 1.807) is 6.08 Å². The van der Waals surface area contributed by atoms with Gasteiger partial charge in [-0.25, -0.2) is 9.59 Å². The standard InChI is InChI=1S/C21H35NO4/c1-5-25-18(23)8-6-7-17-9-11-21(12-10-17)13-15-22(16-14-21)19(24)26-20(2,3)4/h6,8,17H,5,7,9-16H2,1-4H3/b8-6+. The summed E-state index contributed by atoms with van der Waals surface area (Å²) in [6.45, 7) is 9.59. The maximum atomic E-state index is 12.2. The average molecular weight is 366 g/mol. The third-order valence-corrected chi connectivity index (χ3v) is 5.65. The Morgan fingerprint density at radius 1 is 1.12 bits per heavy atom. The second kappa shape index (κ2) is 8.92. The Bertz CT molecular complexity index is 503. The third-order valence-electron chi connectivity index (χ3n) is 5.65. The Kier molecular flexibility index (Phi) is 7.13. The van der Waals surface area contributed by atoms with Gasteiger partial charge >= 0.3 is 12.1 Å². The van der Waals surface area contributed by atoms with Crippen LogP contribution < -0.4 is 0 Å². The van der Waals surface area contributed by atoms with Crippen LogP contribution in [0.15, 0.2) is 12.2 Å². The molecule has 1 amide bonds. The van der Waals surface area contributed by atoms with Crippen LogP contribution in [0.3, 0.4) is 0 Å². The van der Waals surface area contributed by atoms with Crippen LogP contribution in [0.2, 0.25) is 0 Å². The first-order chi connectivity index (χ1) is 12.2. The summed E-state index contributed by atoms with van der Waals surface area (Å²) in [6, 6.07) is 0. The number of carbonyl (C=O) groups excluding carboxylic acids is 2. The minimum atomic E-state index is -0.429. The molecule has 0 N–H and O–H groups in total. The van der Waals surface area contributed by atoms with Crippen LogP contribution in [0.25, 0.3) is 0 Å². The highest BCUT2D eigenvalue weighted by atomic mass is 16.6. The molecule has 0 aromatic carbocycles. The van der Waals surface area contributed by atoms with Gasteiger partial charge in [0.2, 0.25) is 0 Å². The minimum absolute atomic E-state index is 0.176. The van der Waals surface area contributed by atoms with E-state index in [1.165, 1.54) is 25.7 Å². The molecule has 1 aliphatic heterocycles. The first-order valence-corrected chi connectivity index (χ1v) is 10.0. The molecule has 0 radical (unpaired) electrons. The molecule has 1 spiro atoms. The monoisotopic (exact) mass is 365 g/mol. The SMILES string of the molecule is CCOC(=O)/C=C/CC1CCC2(CC1)CCN(C(=O)OC(C)(C)C)CC2. The fourth-order valence-corrected chi connectivity index (χ4v) is 4.06. The van der Waals surface area contributed by atoms with Crippen LogP contribution in [0.1, 0.15) is 72.6 Å². The zero-order chi connectivity index (χ0) is 19.2. The van der Waals surface area contributed by atoms with Crippen molar-refractivity contribution < 1.29 is 19.1 Å². The van der Waals surface area contributed by atoms with Gasteiger partial charge in [0.25, 0.3) is 0 Å². The Balaban J connectivity index is 1.73. The smallest absolute Gasteiger partial charge is 0.410 e. The normalized spacial score (nSPS) is 21.2. The molecule has 1 aliphatic carbocycles. The number of ether oxygens (including phenoxy) is 2. The van der Waals surface area contributed by atoms with E-state index in [9.17, 15) is 9.59 Å². The van der Waals surface area contributed by atoms with Crippen molar-refractivity contribution in [2.45, 2.75) is 78.2 Å². The fourth-order valence-electron chi connectivity index (χ4n) is 4.06. The number of hydrogen-bond acceptors (Lipinski definition) is 4. The van der Waals surface area contributed by atoms with Gasteiger partial charge in [-0.3, -0.25) is 0 Å². The molecule has 5 nitrogen and oxygen atoms in total. The predicted molar refractivity (Wildman–Crippen MR) is 102 cm³/mol. The summed E-state index contributed by atoms with van der Waals surface area (Å²) in [6.07, 6.45) is 11.3. The number of piperidine rings is 1. The van der Waals surface area contributed by atoms with Crippen molar-refractivity contribution in [3.05, 3.63) is 12.2 Å². The highest BCUT2D eigenvalue weighted by molar-refractivity contribution is 5.81. The lowest BCUT2D eigenvalue weighted by Gasteiger charge is -2.46. The minimum Gasteiger partial charge on any atom is -0.463 e. The highest BCUT2D eigenvalue weighted by Gasteiger charge is 2.39. The Morgan fingerprint density at radius 3 is 2.27 bits per heavy atom. The van der Waals surface area contributed by atoms with Crippen molar-refractivity contribution in [2.24, 2.45) is 11.3 Å². The second-order valence-electron chi connectivity index (χ2n) is 8.80. The Morgan fingerprint density at radius 2 is 1.73 bits per heavy atom. The van der Waals surface area contributed by atoms with E-state index in [0.29, 0.717) is 17.9 Å². The number of nitrogens with zero attached hydrogens (tertiary/aromatic N) is 1. The van der Waals surface area contributed by atoms with Crippen LogP contribution >= 0.6 is 0 Å². The molecule has 2 aliphatic rings. The van der Waals surface area contributed by atoms with Gasteiger partial charge in [0.1, 0.15) is 5.60 Å². The predicted octanol–water partition coefficient (Wildman–Crippen LogP) is 4.70. The molecule has 0 aromatic rings. The highest BCUT2D eigenvalue weighted by Crippen LogP contribution is 2.47. The van der Waals surface area contributed by atoms with Gasteiger partial charge in [0.05, 0.1) is 6.61 Å². The van der Waals surface area contributed by atoms with Crippen LogP contribution in [-0.4, -0.2) is 42.3 Å². The van der Waals surface area contributed by atoms with Crippen molar-refractivity contribution in [3.63, 3.8) is 0 Å². The number of allylic oxidation sites excluding steroid dienone is 1. The van der Waals surface area contributed by atoms with Crippen LogP contribution in [0.4, 0.5) is 4.79 Å². The number of amides is 1. The van der Waals surface area contributed by atoms with Crippen molar-refractivity contribution in [2.75, 3.05) is 19.7 Å². The van der Waals surface area contributed by atoms with Crippen LogP contribution in [-0.2, 0) is 14.3 Å². The molecule has 1 heterocycles. The fraction of sp³-hybridized carbons (Fsp3) is 0.810. The maximum Gasteiger partial charge on any atom is 0.410 e. The van der Waals surface area contributed by atoms with Gasteiger partial charge in [0, 0.05) is 19.2 Å². The van der Waals surface area contributed by atoms with E-state index < -0.39 is 5.60 Å². The average Bonchev–Trinajstić information content (AvgIpc) is 2.56. The second-order valence-corrected chi connectivity index (χ2v) is 8.80. The molecule has 2 fully saturated rings. The summed E-state index contributed by atoms with van der Waals surface area (Å²) >= 11 is 0. The Labute approximate surface area is 158 Å². The lowest BCUT2D eigenvalue weighted by Crippen LogP contribution is -2.46. The number of rotatable bonds is 4. The summed E-state index contributed by atoms with van der Waals surface area (Å²) in [5.74, 6) is 0.421. The molecule has 2 rings (SSSR count). The molecule has 26 heavy (non-hydrogen) atoms. The lowest BCUT2D eigenvalue weighted by atomic mass is 9.65. The molecular weight excluding hydrogens is 330 g/mol. The van der Waals surface area contributed by atoms with E-state index in [2.05, 4.69) is 0 Å². The van der Waals surface area contributed by atoms with Gasteiger partial charge in [-0.2, -0.15) is 0 Å². The molecule has 0 atom stereocenters. The first-order valence-electron chi connectivity index (χ1n) is 10.0. The molecule has 1 saturated heterocycles. The van der Waals surface area contributed by atoms with Gasteiger partial charge in [0.15, 0.2) is 0 Å². The van der Waals surface area contributed by atoms with Crippen molar-refractivity contribution in [1.29, 1.82) is 0 Å². The topological polar surface area (TPSA) is 55.8 Å². The van der Waals surface area contributed by atoms with E-state index in [0.717, 1.165) is 32.4 Å². The van der Waals surface area contributed by atoms with Crippen molar-refractivity contribution in [3.8, 4) is 0 Å². The molecule has 0 aromatic heterocycles. The number of carbonyl (C=O) groups is 2. The molecule has 0 unspecified atom stereocenters. The molecule has 5 heteroatoms. The number of hydrogen-bond donors (Lipinski definition) is 0. The van der Waals surface area contributed by atoms with E-state index in [1.807, 2.05) is 38.7 Å². The van der Waals surface area contributed by atoms with Gasteiger partial charge in [-0.1, -0.05) is 6.08 Å². The summed E-state index contributed by atoms with van der Waals surface area (Å²) in [4.78, 5) is 25.4. The Hall–Kier alpha value is -1.52. The summed E-state index contributed by atoms with van der Waals surface area (Å²) in [5.41, 5.74) is -0.0266. The van der Waals surface area contributed by atoms with Crippen LogP contribution in [0, 0.1) is 11.3 Å². The van der Waals surface area contributed by atoms with Crippen molar-refractivity contribution in [1.82, 2.24) is 4.90 Å². The molecule has 0 bridgehead atoms. The van der Waals surface area contributed by atoms with Crippen molar-refractivity contribution >= 4 is 12.1 Å². The van der Waals surface area contributed by atoms with Gasteiger partial charge in [-0.05, 0) is 84.0 Å². The largest absolute Gasteiger partial charge is 0.463 e. The molecular formula is C21H35NO4. The lowest BCUT2D eigenvalue weighted by molar-refractivity contribution is -0.137. The van der Waals surface area contributed by atoms with Crippen LogP contribution in [0.5, 0.6) is 0 Å². The third kappa shape index (κ3) is 6.33. The summed E-state index contributed by atoms with van der Waals surface area (Å²) in [5, 5.41) is 0. The molecule has 148 valence electrons. The molecule has 1 saturated carbocycles. The quantitative estimate of drug-likeness (QED) is 0.535. The first kappa shape index (κ1) is 20.8. The summed E-state index contributed by atoms with van der Waals surface area (Å²) < 4.78 is 10.4. The van der Waals surface area contributed by atoms with E-state index in [-0.39, 0.29) is 12.1 Å². The van der Waals surface area contributed by atoms with E-state index >= 15 is 0 Å². The maximum absolute atomic E-state index is 12.2. The summed E-state index contributed by atoms with van der Waals surface area (Å²) in [7, 11) is 0. The number of likely N-dealkylation sites (tertiary alicyclic amines) is 1. The zero-order valence-corrected chi connectivity index (χ0v) is 16.9. The zero-order valence-electron chi connectivity index (χ0n) is 16.9. The van der Waals surface area contributed by atoms with Gasteiger partial charge < -0.3 is 14.4 Å².